The minimum Gasteiger partial charge on any atom is -0.480 e. The third-order valence-electron chi connectivity index (χ3n) is 4.99. The fourth-order valence-corrected chi connectivity index (χ4v) is 3.20. The molecule has 1 amide bonds. The van der Waals surface area contributed by atoms with Crippen LogP contribution in [0.5, 0.6) is 0 Å². The highest BCUT2D eigenvalue weighted by Crippen LogP contribution is 2.08. The van der Waals surface area contributed by atoms with E-state index in [0.717, 1.165) is 38.5 Å². The van der Waals surface area contributed by atoms with E-state index in [1.807, 2.05) is 0 Å². The van der Waals surface area contributed by atoms with Crippen molar-refractivity contribution >= 4 is 11.9 Å². The summed E-state index contributed by atoms with van der Waals surface area (Å²) in [7, 11) is 0. The topological polar surface area (TPSA) is 95.1 Å². The maximum atomic E-state index is 12.0. The molecule has 0 aliphatic heterocycles. The first-order valence-electron chi connectivity index (χ1n) is 11.4. The number of allylic oxidation sites excluding steroid dienone is 4. The van der Waals surface area contributed by atoms with Crippen LogP contribution in [0.1, 0.15) is 89.7 Å². The Morgan fingerprint density at radius 2 is 1.67 bits per heavy atom. The molecule has 0 saturated heterocycles. The second-order valence-corrected chi connectivity index (χ2v) is 7.75. The lowest BCUT2D eigenvalue weighted by atomic mass is 10.1. The quantitative estimate of drug-likeness (QED) is 0.222. The number of aromatic nitrogens is 2. The Morgan fingerprint density at radius 1 is 1.03 bits per heavy atom. The average Bonchev–Trinajstić information content (AvgIpc) is 3.23. The van der Waals surface area contributed by atoms with Gasteiger partial charge in [-0.05, 0) is 32.1 Å². The molecule has 6 nitrogen and oxygen atoms in total. The van der Waals surface area contributed by atoms with Crippen molar-refractivity contribution in [1.29, 1.82) is 0 Å². The molecule has 3 N–H and O–H groups in total. The van der Waals surface area contributed by atoms with Gasteiger partial charge in [0, 0.05) is 24.7 Å². The standard InChI is InChI=1S/C24H39N3O3/c1-2-3-4-5-6-7-8-9-10-11-12-13-14-15-16-17-23(28)27-22(24(29)30)18-21-19-25-20-26-21/h7-10,19-20,22H,2-6,11-18H2,1H3,(H,25,26)(H,27,28)(H,29,30)/b8-7+,10-9-. The number of nitrogens with zero attached hydrogens (tertiary/aromatic N) is 1. The Balaban J connectivity index is 2.00. The first-order chi connectivity index (χ1) is 14.6. The molecular formula is C24H39N3O3. The molecule has 0 aromatic carbocycles. The van der Waals surface area contributed by atoms with E-state index in [-0.39, 0.29) is 12.3 Å². The molecule has 1 rings (SSSR count). The summed E-state index contributed by atoms with van der Waals surface area (Å²) in [5.41, 5.74) is 0.694. The van der Waals surface area contributed by atoms with Gasteiger partial charge in [-0.25, -0.2) is 9.78 Å². The Morgan fingerprint density at radius 3 is 2.27 bits per heavy atom. The molecule has 1 unspecified atom stereocenters. The molecule has 1 heterocycles. The van der Waals surface area contributed by atoms with Crippen molar-refractivity contribution in [2.45, 2.75) is 96.4 Å². The van der Waals surface area contributed by atoms with E-state index in [4.69, 9.17) is 0 Å². The number of carboxylic acid groups (broad SMARTS) is 1. The molecule has 6 heteroatoms. The fraction of sp³-hybridized carbons (Fsp3) is 0.625. The molecule has 0 radical (unpaired) electrons. The zero-order chi connectivity index (χ0) is 21.9. The smallest absolute Gasteiger partial charge is 0.326 e. The number of carbonyl (C=O) groups is 2. The Kier molecular flexibility index (Phi) is 15.0. The van der Waals surface area contributed by atoms with Gasteiger partial charge in [-0.1, -0.05) is 69.8 Å². The second-order valence-electron chi connectivity index (χ2n) is 7.75. The summed E-state index contributed by atoms with van der Waals surface area (Å²) in [6.07, 6.45) is 25.1. The lowest BCUT2D eigenvalue weighted by Gasteiger charge is -2.13. The van der Waals surface area contributed by atoms with Gasteiger partial charge in [0.15, 0.2) is 0 Å². The lowest BCUT2D eigenvalue weighted by molar-refractivity contribution is -0.141. The maximum absolute atomic E-state index is 12.0. The van der Waals surface area contributed by atoms with E-state index < -0.39 is 12.0 Å². The van der Waals surface area contributed by atoms with Crippen LogP contribution in [0.2, 0.25) is 0 Å². The van der Waals surface area contributed by atoms with Gasteiger partial charge in [0.05, 0.1) is 6.33 Å². The molecule has 0 aliphatic rings. The molecular weight excluding hydrogens is 378 g/mol. The normalized spacial score (nSPS) is 12.6. The molecule has 0 spiro atoms. The highest BCUT2D eigenvalue weighted by atomic mass is 16.4. The third kappa shape index (κ3) is 13.7. The zero-order valence-electron chi connectivity index (χ0n) is 18.4. The monoisotopic (exact) mass is 417 g/mol. The largest absolute Gasteiger partial charge is 0.480 e. The summed E-state index contributed by atoms with van der Waals surface area (Å²) < 4.78 is 0. The SMILES string of the molecule is CCCCCC/C=C/C=C\CCCCCCCC(=O)NC(Cc1cnc[nH]1)C(=O)O. The second kappa shape index (κ2) is 17.5. The van der Waals surface area contributed by atoms with Gasteiger partial charge in [0.2, 0.25) is 5.91 Å². The summed E-state index contributed by atoms with van der Waals surface area (Å²) in [6.45, 7) is 2.23. The van der Waals surface area contributed by atoms with Crippen LogP contribution in [0.15, 0.2) is 36.8 Å². The number of amides is 1. The van der Waals surface area contributed by atoms with E-state index in [1.54, 1.807) is 6.20 Å². The predicted octanol–water partition coefficient (Wildman–Crippen LogP) is 5.34. The van der Waals surface area contributed by atoms with Crippen LogP contribution >= 0.6 is 0 Å². The van der Waals surface area contributed by atoms with Crippen LogP contribution in [0.25, 0.3) is 0 Å². The summed E-state index contributed by atoms with van der Waals surface area (Å²) in [5.74, 6) is -1.23. The number of carboxylic acids is 1. The number of unbranched alkanes of at least 4 members (excludes halogenated alkanes) is 9. The highest BCUT2D eigenvalue weighted by Gasteiger charge is 2.20. The van der Waals surface area contributed by atoms with Crippen LogP contribution in [-0.4, -0.2) is 33.0 Å². The summed E-state index contributed by atoms with van der Waals surface area (Å²) in [6, 6.07) is -0.921. The lowest BCUT2D eigenvalue weighted by Crippen LogP contribution is -2.42. The fourth-order valence-electron chi connectivity index (χ4n) is 3.20. The number of carbonyl (C=O) groups excluding carboxylic acids is 1. The van der Waals surface area contributed by atoms with Crippen LogP contribution in [0.3, 0.4) is 0 Å². The van der Waals surface area contributed by atoms with Gasteiger partial charge in [0.1, 0.15) is 6.04 Å². The summed E-state index contributed by atoms with van der Waals surface area (Å²) >= 11 is 0. The van der Waals surface area contributed by atoms with E-state index in [2.05, 4.69) is 46.5 Å². The maximum Gasteiger partial charge on any atom is 0.326 e. The Bertz CT molecular complexity index is 624. The molecule has 0 bridgehead atoms. The molecule has 1 atom stereocenters. The summed E-state index contributed by atoms with van der Waals surface area (Å²) in [5, 5.41) is 11.9. The van der Waals surface area contributed by atoms with Crippen LogP contribution in [0, 0.1) is 0 Å². The van der Waals surface area contributed by atoms with E-state index >= 15 is 0 Å². The van der Waals surface area contributed by atoms with Crippen LogP contribution < -0.4 is 5.32 Å². The first-order valence-corrected chi connectivity index (χ1v) is 11.4. The van der Waals surface area contributed by atoms with Gasteiger partial charge >= 0.3 is 5.97 Å². The third-order valence-corrected chi connectivity index (χ3v) is 4.99. The van der Waals surface area contributed by atoms with Gasteiger partial charge < -0.3 is 15.4 Å². The molecule has 0 fully saturated rings. The van der Waals surface area contributed by atoms with Gasteiger partial charge in [-0.3, -0.25) is 4.79 Å². The van der Waals surface area contributed by atoms with Crippen LogP contribution in [-0.2, 0) is 16.0 Å². The molecule has 30 heavy (non-hydrogen) atoms. The van der Waals surface area contributed by atoms with Crippen molar-refractivity contribution < 1.29 is 14.7 Å². The van der Waals surface area contributed by atoms with Gasteiger partial charge in [-0.15, -0.1) is 0 Å². The van der Waals surface area contributed by atoms with Crippen LogP contribution in [0.4, 0.5) is 0 Å². The summed E-state index contributed by atoms with van der Waals surface area (Å²) in [4.78, 5) is 30.0. The molecule has 1 aromatic rings. The van der Waals surface area contributed by atoms with Crippen molar-refractivity contribution in [2.24, 2.45) is 0 Å². The van der Waals surface area contributed by atoms with E-state index in [9.17, 15) is 14.7 Å². The minimum absolute atomic E-state index is 0.202. The molecule has 0 saturated carbocycles. The minimum atomic E-state index is -1.03. The van der Waals surface area contributed by atoms with E-state index in [0.29, 0.717) is 12.1 Å². The Hall–Kier alpha value is -2.37. The molecule has 168 valence electrons. The Labute approximate surface area is 181 Å². The first kappa shape index (κ1) is 25.7. The number of H-pyrrole nitrogens is 1. The number of hydrogen-bond donors (Lipinski definition) is 3. The van der Waals surface area contributed by atoms with Crippen molar-refractivity contribution in [3.05, 3.63) is 42.5 Å². The number of nitrogens with one attached hydrogen (secondary N) is 2. The molecule has 0 aliphatic carbocycles. The van der Waals surface area contributed by atoms with E-state index in [1.165, 1.54) is 38.4 Å². The number of rotatable bonds is 18. The number of aromatic amines is 1. The van der Waals surface area contributed by atoms with Crippen molar-refractivity contribution in [2.75, 3.05) is 0 Å². The van der Waals surface area contributed by atoms with Gasteiger partial charge in [-0.2, -0.15) is 0 Å². The van der Waals surface area contributed by atoms with Crippen molar-refractivity contribution in [3.8, 4) is 0 Å². The highest BCUT2D eigenvalue weighted by molar-refractivity contribution is 5.83. The number of imidazole rings is 1. The predicted molar refractivity (Wildman–Crippen MR) is 121 cm³/mol. The number of aliphatic carboxylic acids is 1. The van der Waals surface area contributed by atoms with Gasteiger partial charge in [0.25, 0.3) is 0 Å². The van der Waals surface area contributed by atoms with Crippen molar-refractivity contribution in [3.63, 3.8) is 0 Å². The zero-order valence-corrected chi connectivity index (χ0v) is 18.4. The molecule has 1 aromatic heterocycles. The average molecular weight is 418 g/mol. The van der Waals surface area contributed by atoms with Crippen molar-refractivity contribution in [1.82, 2.24) is 15.3 Å². The number of hydrogen-bond acceptors (Lipinski definition) is 3.